The number of hydrogen-bond donors (Lipinski definition) is 1. The molecule has 3 heteroatoms. The van der Waals surface area contributed by atoms with Crippen molar-refractivity contribution in [3.05, 3.63) is 24.2 Å². The molecule has 1 fully saturated rings. The molecule has 1 aromatic heterocycles. The second kappa shape index (κ2) is 3.52. The first-order valence-electron chi connectivity index (χ1n) is 4.67. The first kappa shape index (κ1) is 8.78. The average molecular weight is 181 g/mol. The molecule has 1 aliphatic rings. The number of piperidine rings is 1. The Morgan fingerprint density at radius 3 is 3.08 bits per heavy atom. The standard InChI is InChI=1S/C10H15NO2/c1-12-10(5-3-6-11-8-10)9-4-2-7-13-9/h2,4,7,11H,3,5-6,8H2,1H3. The molecule has 1 aromatic rings. The molecule has 0 aromatic carbocycles. The lowest BCUT2D eigenvalue weighted by Gasteiger charge is -2.34. The molecule has 0 radical (unpaired) electrons. The van der Waals surface area contributed by atoms with Crippen LogP contribution in [-0.2, 0) is 10.3 Å². The molecular weight excluding hydrogens is 166 g/mol. The van der Waals surface area contributed by atoms with Gasteiger partial charge in [0.1, 0.15) is 11.4 Å². The van der Waals surface area contributed by atoms with Gasteiger partial charge in [0, 0.05) is 13.7 Å². The highest BCUT2D eigenvalue weighted by molar-refractivity contribution is 5.11. The van der Waals surface area contributed by atoms with Crippen molar-refractivity contribution in [1.82, 2.24) is 5.32 Å². The van der Waals surface area contributed by atoms with Crippen molar-refractivity contribution in [3.8, 4) is 0 Å². The predicted octanol–water partition coefficient (Wildman–Crippen LogP) is 1.50. The van der Waals surface area contributed by atoms with E-state index in [9.17, 15) is 0 Å². The lowest BCUT2D eigenvalue weighted by Crippen LogP contribution is -2.44. The molecule has 1 N–H and O–H groups in total. The third-order valence-corrected chi connectivity index (χ3v) is 2.71. The van der Waals surface area contributed by atoms with Crippen molar-refractivity contribution in [2.24, 2.45) is 0 Å². The van der Waals surface area contributed by atoms with E-state index in [1.165, 1.54) is 0 Å². The summed E-state index contributed by atoms with van der Waals surface area (Å²) in [6, 6.07) is 3.89. The van der Waals surface area contributed by atoms with Gasteiger partial charge in [0.2, 0.25) is 0 Å². The van der Waals surface area contributed by atoms with Gasteiger partial charge in [-0.1, -0.05) is 0 Å². The first-order chi connectivity index (χ1) is 6.37. The van der Waals surface area contributed by atoms with Crippen LogP contribution in [0.25, 0.3) is 0 Å². The summed E-state index contributed by atoms with van der Waals surface area (Å²) < 4.78 is 11.0. The quantitative estimate of drug-likeness (QED) is 0.751. The van der Waals surface area contributed by atoms with E-state index in [-0.39, 0.29) is 5.60 Å². The van der Waals surface area contributed by atoms with Crippen molar-refractivity contribution >= 4 is 0 Å². The zero-order valence-electron chi connectivity index (χ0n) is 7.88. The minimum atomic E-state index is -0.234. The van der Waals surface area contributed by atoms with Crippen LogP contribution >= 0.6 is 0 Å². The van der Waals surface area contributed by atoms with Gasteiger partial charge in [-0.3, -0.25) is 0 Å². The Hall–Kier alpha value is -0.800. The van der Waals surface area contributed by atoms with E-state index in [2.05, 4.69) is 5.32 Å². The normalized spacial score (nSPS) is 29.0. The smallest absolute Gasteiger partial charge is 0.137 e. The van der Waals surface area contributed by atoms with Gasteiger partial charge in [-0.05, 0) is 31.5 Å². The number of furan rings is 1. The van der Waals surface area contributed by atoms with Gasteiger partial charge in [0.25, 0.3) is 0 Å². The SMILES string of the molecule is COC1(c2ccco2)CCCNC1. The molecule has 0 saturated carbocycles. The van der Waals surface area contributed by atoms with Crippen molar-refractivity contribution in [2.75, 3.05) is 20.2 Å². The summed E-state index contributed by atoms with van der Waals surface area (Å²) in [4.78, 5) is 0. The van der Waals surface area contributed by atoms with E-state index in [1.54, 1.807) is 13.4 Å². The fourth-order valence-corrected chi connectivity index (χ4v) is 1.90. The Balaban J connectivity index is 2.23. The molecule has 1 saturated heterocycles. The van der Waals surface area contributed by atoms with E-state index < -0.39 is 0 Å². The Labute approximate surface area is 78.1 Å². The average Bonchev–Trinajstić information content (AvgIpc) is 2.72. The van der Waals surface area contributed by atoms with Crippen molar-refractivity contribution in [3.63, 3.8) is 0 Å². The highest BCUT2D eigenvalue weighted by Crippen LogP contribution is 2.31. The number of nitrogens with one attached hydrogen (secondary N) is 1. The van der Waals surface area contributed by atoms with Crippen LogP contribution in [0, 0.1) is 0 Å². The second-order valence-corrected chi connectivity index (χ2v) is 3.46. The van der Waals surface area contributed by atoms with Gasteiger partial charge in [-0.15, -0.1) is 0 Å². The summed E-state index contributed by atoms with van der Waals surface area (Å²) in [5, 5.41) is 3.33. The van der Waals surface area contributed by atoms with E-state index >= 15 is 0 Å². The third kappa shape index (κ3) is 1.49. The summed E-state index contributed by atoms with van der Waals surface area (Å²) >= 11 is 0. The van der Waals surface area contributed by atoms with Gasteiger partial charge in [-0.25, -0.2) is 0 Å². The van der Waals surface area contributed by atoms with Crippen LogP contribution in [0.15, 0.2) is 22.8 Å². The summed E-state index contributed by atoms with van der Waals surface area (Å²) in [6.07, 6.45) is 3.86. The Bertz CT molecular complexity index is 250. The molecule has 1 unspecified atom stereocenters. The molecule has 2 heterocycles. The molecule has 0 amide bonds. The summed E-state index contributed by atoms with van der Waals surface area (Å²) in [5.41, 5.74) is -0.234. The lowest BCUT2D eigenvalue weighted by atomic mass is 9.91. The minimum absolute atomic E-state index is 0.234. The van der Waals surface area contributed by atoms with Gasteiger partial charge in [0.15, 0.2) is 0 Å². The van der Waals surface area contributed by atoms with E-state index in [4.69, 9.17) is 9.15 Å². The summed E-state index contributed by atoms with van der Waals surface area (Å²) in [7, 11) is 1.75. The molecule has 0 bridgehead atoms. The molecule has 0 spiro atoms. The van der Waals surface area contributed by atoms with Gasteiger partial charge >= 0.3 is 0 Å². The van der Waals surface area contributed by atoms with E-state index in [0.717, 1.165) is 31.7 Å². The largest absolute Gasteiger partial charge is 0.466 e. The second-order valence-electron chi connectivity index (χ2n) is 3.46. The molecule has 3 nitrogen and oxygen atoms in total. The Morgan fingerprint density at radius 2 is 2.54 bits per heavy atom. The number of hydrogen-bond acceptors (Lipinski definition) is 3. The van der Waals surface area contributed by atoms with Crippen molar-refractivity contribution in [1.29, 1.82) is 0 Å². The van der Waals surface area contributed by atoms with Crippen molar-refractivity contribution < 1.29 is 9.15 Å². The number of methoxy groups -OCH3 is 1. The van der Waals surface area contributed by atoms with Crippen LogP contribution < -0.4 is 5.32 Å². The zero-order valence-corrected chi connectivity index (χ0v) is 7.88. The third-order valence-electron chi connectivity index (χ3n) is 2.71. The maximum Gasteiger partial charge on any atom is 0.137 e. The molecular formula is C10H15NO2. The van der Waals surface area contributed by atoms with Gasteiger partial charge in [-0.2, -0.15) is 0 Å². The molecule has 0 aliphatic carbocycles. The Morgan fingerprint density at radius 1 is 1.62 bits per heavy atom. The van der Waals surface area contributed by atoms with E-state index in [0.29, 0.717) is 0 Å². The summed E-state index contributed by atoms with van der Waals surface area (Å²) in [6.45, 7) is 1.92. The highest BCUT2D eigenvalue weighted by Gasteiger charge is 2.36. The topological polar surface area (TPSA) is 34.4 Å². The van der Waals surface area contributed by atoms with Crippen LogP contribution in [0.3, 0.4) is 0 Å². The maximum absolute atomic E-state index is 5.57. The zero-order chi connectivity index (χ0) is 9.15. The van der Waals surface area contributed by atoms with Crippen LogP contribution in [0.5, 0.6) is 0 Å². The number of rotatable bonds is 2. The predicted molar refractivity (Wildman–Crippen MR) is 49.5 cm³/mol. The molecule has 72 valence electrons. The minimum Gasteiger partial charge on any atom is -0.466 e. The van der Waals surface area contributed by atoms with Crippen LogP contribution in [0.1, 0.15) is 18.6 Å². The van der Waals surface area contributed by atoms with Crippen LogP contribution in [0.2, 0.25) is 0 Å². The highest BCUT2D eigenvalue weighted by atomic mass is 16.5. The first-order valence-corrected chi connectivity index (χ1v) is 4.67. The molecule has 13 heavy (non-hydrogen) atoms. The maximum atomic E-state index is 5.57. The molecule has 1 aliphatic heterocycles. The van der Waals surface area contributed by atoms with Crippen LogP contribution in [-0.4, -0.2) is 20.2 Å². The number of ether oxygens (including phenoxy) is 1. The van der Waals surface area contributed by atoms with Gasteiger partial charge in [0.05, 0.1) is 6.26 Å². The molecule has 1 atom stereocenters. The van der Waals surface area contributed by atoms with Crippen molar-refractivity contribution in [2.45, 2.75) is 18.4 Å². The van der Waals surface area contributed by atoms with Gasteiger partial charge < -0.3 is 14.5 Å². The van der Waals surface area contributed by atoms with E-state index in [1.807, 2.05) is 12.1 Å². The Kier molecular flexibility index (Phi) is 2.38. The fraction of sp³-hybridized carbons (Fsp3) is 0.600. The fourth-order valence-electron chi connectivity index (χ4n) is 1.90. The monoisotopic (exact) mass is 181 g/mol. The summed E-state index contributed by atoms with van der Waals surface area (Å²) in [5.74, 6) is 0.933. The lowest BCUT2D eigenvalue weighted by molar-refractivity contribution is -0.0492. The molecule has 2 rings (SSSR count). The van der Waals surface area contributed by atoms with Crippen LogP contribution in [0.4, 0.5) is 0 Å².